The first kappa shape index (κ1) is 16.3. The van der Waals surface area contributed by atoms with Crippen LogP contribution in [0.15, 0.2) is 4.79 Å². The van der Waals surface area contributed by atoms with Crippen LogP contribution in [-0.2, 0) is 17.6 Å². The van der Waals surface area contributed by atoms with Crippen LogP contribution < -0.4 is 5.56 Å². The summed E-state index contributed by atoms with van der Waals surface area (Å²) in [6, 6.07) is -0.569. The maximum atomic E-state index is 12.8. The smallest absolute Gasteiger partial charge is 0.279 e. The van der Waals surface area contributed by atoms with Gasteiger partial charge in [0.25, 0.3) is 5.56 Å². The molecule has 3 rings (SSSR count). The van der Waals surface area contributed by atoms with Crippen LogP contribution in [0.5, 0.6) is 0 Å². The molecule has 6 heteroatoms. The molecule has 1 aliphatic carbocycles. The van der Waals surface area contributed by atoms with E-state index in [-0.39, 0.29) is 16.8 Å². The summed E-state index contributed by atoms with van der Waals surface area (Å²) in [5.74, 6) is 0.534. The Kier molecular flexibility index (Phi) is 3.91. The average Bonchev–Trinajstić information content (AvgIpc) is 2.84. The van der Waals surface area contributed by atoms with Crippen molar-refractivity contribution in [3.8, 4) is 0 Å². The van der Waals surface area contributed by atoms with Crippen LogP contribution in [-0.4, -0.2) is 20.8 Å². The Hall–Kier alpha value is -1.56. The number of nitrogens with zero attached hydrogens (tertiary/aromatic N) is 3. The molecule has 0 spiro atoms. The highest BCUT2D eigenvalue weighted by molar-refractivity contribution is 7.18. The van der Waals surface area contributed by atoms with Crippen LogP contribution in [0.3, 0.4) is 0 Å². The van der Waals surface area contributed by atoms with Gasteiger partial charge >= 0.3 is 0 Å². The lowest BCUT2D eigenvalue weighted by molar-refractivity contribution is -0.120. The Morgan fingerprint density at radius 2 is 2.09 bits per heavy atom. The molecule has 5 nitrogen and oxygen atoms in total. The molecular formula is C17H23N3O2S. The number of Topliss-reactive ketones (excluding diaryl/α,β-unsaturated/α-hetero) is 1. The summed E-state index contributed by atoms with van der Waals surface area (Å²) in [7, 11) is 0. The molecule has 23 heavy (non-hydrogen) atoms. The first-order valence-corrected chi connectivity index (χ1v) is 8.92. The molecule has 2 atom stereocenters. The van der Waals surface area contributed by atoms with E-state index in [1.807, 2.05) is 0 Å². The van der Waals surface area contributed by atoms with Crippen molar-refractivity contribution < 1.29 is 4.79 Å². The fourth-order valence-electron chi connectivity index (χ4n) is 3.27. The molecule has 0 unspecified atom stereocenters. The minimum atomic E-state index is -0.569. The number of rotatable bonds is 2. The Labute approximate surface area is 139 Å². The quantitative estimate of drug-likeness (QED) is 0.847. The molecule has 0 bridgehead atoms. The molecule has 0 fully saturated rings. The van der Waals surface area contributed by atoms with Crippen molar-refractivity contribution in [1.82, 2.24) is 15.0 Å². The molecule has 0 aliphatic heterocycles. The van der Waals surface area contributed by atoms with Gasteiger partial charge in [-0.1, -0.05) is 26.0 Å². The minimum Gasteiger partial charge on any atom is -0.298 e. The lowest BCUT2D eigenvalue weighted by Gasteiger charge is -2.33. The molecule has 2 heterocycles. The lowest BCUT2D eigenvalue weighted by Crippen LogP contribution is -2.31. The van der Waals surface area contributed by atoms with Crippen LogP contribution in [0.1, 0.15) is 57.5 Å². The van der Waals surface area contributed by atoms with E-state index in [1.165, 1.54) is 16.5 Å². The Balaban J connectivity index is 2.11. The fourth-order valence-corrected chi connectivity index (χ4v) is 4.51. The molecule has 0 radical (unpaired) electrons. The summed E-state index contributed by atoms with van der Waals surface area (Å²) in [4.78, 5) is 26.4. The molecule has 0 amide bonds. The van der Waals surface area contributed by atoms with Crippen molar-refractivity contribution >= 4 is 27.3 Å². The monoisotopic (exact) mass is 333 g/mol. The summed E-state index contributed by atoms with van der Waals surface area (Å²) < 4.78 is 1.23. The van der Waals surface area contributed by atoms with Gasteiger partial charge in [-0.25, -0.2) is 4.68 Å². The summed E-state index contributed by atoms with van der Waals surface area (Å²) >= 11 is 1.59. The maximum Gasteiger partial charge on any atom is 0.279 e. The molecule has 0 aromatic carbocycles. The van der Waals surface area contributed by atoms with Crippen molar-refractivity contribution in [3.63, 3.8) is 0 Å². The number of fused-ring (bicyclic) bond motifs is 3. The molecular weight excluding hydrogens is 310 g/mol. The van der Waals surface area contributed by atoms with Crippen LogP contribution >= 0.6 is 11.3 Å². The summed E-state index contributed by atoms with van der Waals surface area (Å²) in [5, 5.41) is 8.88. The van der Waals surface area contributed by atoms with Crippen molar-refractivity contribution in [2.75, 3.05) is 0 Å². The zero-order valence-electron chi connectivity index (χ0n) is 14.3. The van der Waals surface area contributed by atoms with Gasteiger partial charge in [-0.3, -0.25) is 9.59 Å². The summed E-state index contributed by atoms with van der Waals surface area (Å²) in [6.45, 7) is 9.99. The van der Waals surface area contributed by atoms with E-state index in [0.29, 0.717) is 16.1 Å². The normalized spacial score (nSPS) is 19.6. The van der Waals surface area contributed by atoms with Gasteiger partial charge in [0, 0.05) is 4.88 Å². The number of carbonyl (C=O) groups excluding carboxylic acids is 1. The van der Waals surface area contributed by atoms with Crippen LogP contribution in [0.2, 0.25) is 0 Å². The molecule has 2 aromatic heterocycles. The number of hydrogen-bond acceptors (Lipinski definition) is 5. The molecule has 2 aromatic rings. The van der Waals surface area contributed by atoms with E-state index in [0.717, 1.165) is 24.8 Å². The number of aromatic nitrogens is 3. The first-order chi connectivity index (χ1) is 10.7. The van der Waals surface area contributed by atoms with Gasteiger partial charge in [-0.2, -0.15) is 0 Å². The van der Waals surface area contributed by atoms with Crippen LogP contribution in [0.4, 0.5) is 0 Å². The molecule has 1 aliphatic rings. The van der Waals surface area contributed by atoms with Gasteiger partial charge in [-0.05, 0) is 50.0 Å². The number of aryl methyl sites for hydroxylation is 1. The second kappa shape index (κ2) is 5.51. The van der Waals surface area contributed by atoms with E-state index in [2.05, 4.69) is 31.1 Å². The van der Waals surface area contributed by atoms with Gasteiger partial charge in [0.2, 0.25) is 0 Å². The van der Waals surface area contributed by atoms with Crippen molar-refractivity contribution in [2.45, 2.75) is 59.9 Å². The average molecular weight is 333 g/mol. The predicted octanol–water partition coefficient (Wildman–Crippen LogP) is 3.15. The SMILES string of the molecule is CC(=O)[C@H](C)n1nnc2sc3c(c2c1=O)CC[C@@H](C(C)(C)C)C3. The Morgan fingerprint density at radius 3 is 2.70 bits per heavy atom. The van der Waals surface area contributed by atoms with Crippen molar-refractivity contribution in [1.29, 1.82) is 0 Å². The van der Waals surface area contributed by atoms with Gasteiger partial charge in [0.05, 0.1) is 5.39 Å². The third-order valence-electron chi connectivity index (χ3n) is 5.08. The molecule has 0 saturated heterocycles. The first-order valence-electron chi connectivity index (χ1n) is 8.10. The highest BCUT2D eigenvalue weighted by Crippen LogP contribution is 2.41. The third kappa shape index (κ3) is 2.73. The second-order valence-corrected chi connectivity index (χ2v) is 8.70. The fraction of sp³-hybridized carbons (Fsp3) is 0.647. The van der Waals surface area contributed by atoms with Crippen molar-refractivity contribution in [2.24, 2.45) is 11.3 Å². The summed E-state index contributed by atoms with van der Waals surface area (Å²) in [5.41, 5.74) is 1.22. The minimum absolute atomic E-state index is 0.0855. The standard InChI is InChI=1S/C17H23N3O2S/c1-9(10(2)21)20-16(22)14-12-7-6-11(17(3,4)5)8-13(12)23-15(14)18-19-20/h9,11H,6-8H2,1-5H3/t9-,11+/m0/s1. The van der Waals surface area contributed by atoms with Gasteiger partial charge < -0.3 is 0 Å². The number of thiophene rings is 1. The second-order valence-electron chi connectivity index (χ2n) is 7.62. The maximum absolute atomic E-state index is 12.8. The summed E-state index contributed by atoms with van der Waals surface area (Å²) in [6.07, 6.45) is 3.00. The van der Waals surface area contributed by atoms with Gasteiger partial charge in [0.1, 0.15) is 6.04 Å². The van der Waals surface area contributed by atoms with E-state index in [4.69, 9.17) is 0 Å². The highest BCUT2D eigenvalue weighted by atomic mass is 32.1. The molecule has 124 valence electrons. The van der Waals surface area contributed by atoms with Gasteiger partial charge in [-0.15, -0.1) is 16.4 Å². The van der Waals surface area contributed by atoms with Crippen LogP contribution in [0, 0.1) is 11.3 Å². The number of hydrogen-bond donors (Lipinski definition) is 0. The van der Waals surface area contributed by atoms with Crippen LogP contribution in [0.25, 0.3) is 10.2 Å². The largest absolute Gasteiger partial charge is 0.298 e. The zero-order valence-corrected chi connectivity index (χ0v) is 15.2. The zero-order chi connectivity index (χ0) is 16.9. The number of ketones is 1. The predicted molar refractivity (Wildman–Crippen MR) is 92.0 cm³/mol. The molecule has 0 N–H and O–H groups in total. The Morgan fingerprint density at radius 1 is 1.39 bits per heavy atom. The van der Waals surface area contributed by atoms with E-state index in [9.17, 15) is 9.59 Å². The Bertz CT molecular complexity index is 829. The molecule has 0 saturated carbocycles. The van der Waals surface area contributed by atoms with E-state index < -0.39 is 6.04 Å². The highest BCUT2D eigenvalue weighted by Gasteiger charge is 2.32. The van der Waals surface area contributed by atoms with E-state index >= 15 is 0 Å². The topological polar surface area (TPSA) is 64.8 Å². The van der Waals surface area contributed by atoms with Gasteiger partial charge in [0.15, 0.2) is 10.6 Å². The van der Waals surface area contributed by atoms with E-state index in [1.54, 1.807) is 18.3 Å². The lowest BCUT2D eigenvalue weighted by atomic mass is 9.72. The number of carbonyl (C=O) groups is 1. The third-order valence-corrected chi connectivity index (χ3v) is 6.22. The van der Waals surface area contributed by atoms with Crippen molar-refractivity contribution in [3.05, 3.63) is 20.8 Å².